The highest BCUT2D eigenvalue weighted by Gasteiger charge is 2.09. The number of carbonyl (C=O) groups is 1. The van der Waals surface area contributed by atoms with Crippen LogP contribution in [-0.4, -0.2) is 12.5 Å². The van der Waals surface area contributed by atoms with E-state index in [1.165, 1.54) is 18.2 Å². The van der Waals surface area contributed by atoms with Crippen LogP contribution >= 0.6 is 0 Å². The Morgan fingerprint density at radius 2 is 1.95 bits per heavy atom. The van der Waals surface area contributed by atoms with Crippen LogP contribution < -0.4 is 11.1 Å². The molecule has 0 saturated heterocycles. The predicted molar refractivity (Wildman–Crippen MR) is 81.5 cm³/mol. The highest BCUT2D eigenvalue weighted by molar-refractivity contribution is 6.05. The van der Waals surface area contributed by atoms with Crippen LogP contribution in [0, 0.1) is 24.6 Å². The van der Waals surface area contributed by atoms with Gasteiger partial charge in [0.05, 0.1) is 6.54 Å². The fraction of sp³-hybridized carbons (Fsp3) is 0.118. The van der Waals surface area contributed by atoms with Crippen LogP contribution in [0.5, 0.6) is 0 Å². The Kier molecular flexibility index (Phi) is 4.70. The van der Waals surface area contributed by atoms with Gasteiger partial charge in [0, 0.05) is 16.8 Å². The Morgan fingerprint density at radius 3 is 2.57 bits per heavy atom. The van der Waals surface area contributed by atoms with Crippen LogP contribution in [0.3, 0.4) is 0 Å². The van der Waals surface area contributed by atoms with Crippen LogP contribution in [0.15, 0.2) is 42.5 Å². The summed E-state index contributed by atoms with van der Waals surface area (Å²) in [5.74, 6) is 5.04. The third-order valence-electron chi connectivity index (χ3n) is 2.91. The second kappa shape index (κ2) is 6.69. The Balaban J connectivity index is 2.12. The van der Waals surface area contributed by atoms with E-state index in [-0.39, 0.29) is 11.7 Å². The molecule has 1 amide bonds. The number of aryl methyl sites for hydroxylation is 1. The van der Waals surface area contributed by atoms with Gasteiger partial charge in [-0.3, -0.25) is 4.79 Å². The first-order valence-corrected chi connectivity index (χ1v) is 6.46. The van der Waals surface area contributed by atoms with Gasteiger partial charge in [0.25, 0.3) is 5.91 Å². The molecule has 3 nitrogen and oxygen atoms in total. The smallest absolute Gasteiger partial charge is 0.255 e. The number of hydrogen-bond donors (Lipinski definition) is 2. The highest BCUT2D eigenvalue weighted by atomic mass is 19.1. The summed E-state index contributed by atoms with van der Waals surface area (Å²) in [4.78, 5) is 12.1. The zero-order valence-corrected chi connectivity index (χ0v) is 11.6. The maximum atomic E-state index is 13.0. The van der Waals surface area contributed by atoms with E-state index in [0.717, 1.165) is 5.56 Å². The molecular weight excluding hydrogens is 267 g/mol. The molecule has 3 N–H and O–H groups in total. The van der Waals surface area contributed by atoms with Gasteiger partial charge in [0.1, 0.15) is 5.82 Å². The molecule has 2 rings (SSSR count). The van der Waals surface area contributed by atoms with Crippen molar-refractivity contribution in [3.05, 3.63) is 65.0 Å². The topological polar surface area (TPSA) is 55.1 Å². The van der Waals surface area contributed by atoms with Crippen molar-refractivity contribution in [1.82, 2.24) is 0 Å². The summed E-state index contributed by atoms with van der Waals surface area (Å²) in [5, 5.41) is 2.77. The van der Waals surface area contributed by atoms with Crippen LogP contribution in [0.1, 0.15) is 21.5 Å². The zero-order chi connectivity index (χ0) is 15.2. The largest absolute Gasteiger partial charge is 0.322 e. The van der Waals surface area contributed by atoms with Gasteiger partial charge in [-0.1, -0.05) is 11.8 Å². The van der Waals surface area contributed by atoms with E-state index >= 15 is 0 Å². The summed E-state index contributed by atoms with van der Waals surface area (Å²) in [6.45, 7) is 2.01. The summed E-state index contributed by atoms with van der Waals surface area (Å²) in [5.41, 5.74) is 7.83. The van der Waals surface area contributed by atoms with E-state index in [4.69, 9.17) is 5.73 Å². The second-order valence-corrected chi connectivity index (χ2v) is 4.50. The molecule has 0 saturated carbocycles. The molecule has 0 atom stereocenters. The average molecular weight is 282 g/mol. The summed E-state index contributed by atoms with van der Waals surface area (Å²) < 4.78 is 13.0. The molecule has 2 aromatic rings. The average Bonchev–Trinajstić information content (AvgIpc) is 2.46. The van der Waals surface area contributed by atoms with Crippen LogP contribution in [0.4, 0.5) is 10.1 Å². The van der Waals surface area contributed by atoms with Gasteiger partial charge >= 0.3 is 0 Å². The van der Waals surface area contributed by atoms with E-state index < -0.39 is 0 Å². The van der Waals surface area contributed by atoms with E-state index in [2.05, 4.69) is 17.2 Å². The number of carbonyl (C=O) groups excluding carboxylic acids is 1. The molecule has 21 heavy (non-hydrogen) atoms. The first kappa shape index (κ1) is 14.8. The Morgan fingerprint density at radius 1 is 1.24 bits per heavy atom. The van der Waals surface area contributed by atoms with Gasteiger partial charge < -0.3 is 11.1 Å². The van der Waals surface area contributed by atoms with Crippen molar-refractivity contribution in [2.75, 3.05) is 11.9 Å². The molecule has 0 heterocycles. The lowest BCUT2D eigenvalue weighted by atomic mass is 10.1. The van der Waals surface area contributed by atoms with Gasteiger partial charge in [-0.2, -0.15) is 0 Å². The molecule has 4 heteroatoms. The third kappa shape index (κ3) is 3.91. The molecule has 0 aliphatic heterocycles. The maximum absolute atomic E-state index is 13.0. The minimum Gasteiger partial charge on any atom is -0.322 e. The standard InChI is InChI=1S/C17H15FN2O/c1-12-11-14(18)6-9-16(12)17(21)20-15-7-4-13(5-8-15)3-2-10-19/h4-9,11H,10,19H2,1H3,(H,20,21). The van der Waals surface area contributed by atoms with E-state index in [1.807, 2.05) is 0 Å². The van der Waals surface area contributed by atoms with Crippen molar-refractivity contribution >= 4 is 11.6 Å². The van der Waals surface area contributed by atoms with Crippen molar-refractivity contribution in [2.24, 2.45) is 5.73 Å². The third-order valence-corrected chi connectivity index (χ3v) is 2.91. The zero-order valence-electron chi connectivity index (χ0n) is 11.6. The molecule has 2 aromatic carbocycles. The van der Waals surface area contributed by atoms with Crippen molar-refractivity contribution in [2.45, 2.75) is 6.92 Å². The number of halogens is 1. The summed E-state index contributed by atoms with van der Waals surface area (Å²) in [6.07, 6.45) is 0. The number of nitrogens with two attached hydrogens (primary N) is 1. The molecule has 0 spiro atoms. The van der Waals surface area contributed by atoms with Crippen LogP contribution in [0.25, 0.3) is 0 Å². The number of amides is 1. The SMILES string of the molecule is Cc1cc(F)ccc1C(=O)Nc1ccc(C#CCN)cc1. The maximum Gasteiger partial charge on any atom is 0.255 e. The second-order valence-electron chi connectivity index (χ2n) is 4.50. The molecule has 0 radical (unpaired) electrons. The molecular formula is C17H15FN2O. The molecule has 0 aliphatic rings. The lowest BCUT2D eigenvalue weighted by molar-refractivity contribution is 0.102. The fourth-order valence-corrected chi connectivity index (χ4v) is 1.87. The number of nitrogens with one attached hydrogen (secondary N) is 1. The van der Waals surface area contributed by atoms with E-state index in [9.17, 15) is 9.18 Å². The molecule has 0 aromatic heterocycles. The molecule has 0 aliphatic carbocycles. The van der Waals surface area contributed by atoms with Crippen LogP contribution in [-0.2, 0) is 0 Å². The quantitative estimate of drug-likeness (QED) is 0.832. The first-order valence-electron chi connectivity index (χ1n) is 6.46. The predicted octanol–water partition coefficient (Wildman–Crippen LogP) is 2.70. The number of rotatable bonds is 2. The van der Waals surface area contributed by atoms with Crippen molar-refractivity contribution < 1.29 is 9.18 Å². The fourth-order valence-electron chi connectivity index (χ4n) is 1.87. The molecule has 106 valence electrons. The van der Waals surface area contributed by atoms with Crippen LogP contribution in [0.2, 0.25) is 0 Å². The molecule has 0 fully saturated rings. The number of benzene rings is 2. The van der Waals surface area contributed by atoms with Gasteiger partial charge in [0.2, 0.25) is 0 Å². The highest BCUT2D eigenvalue weighted by Crippen LogP contribution is 2.14. The van der Waals surface area contributed by atoms with Crippen molar-refractivity contribution in [1.29, 1.82) is 0 Å². The number of hydrogen-bond acceptors (Lipinski definition) is 2. The molecule has 0 bridgehead atoms. The van der Waals surface area contributed by atoms with Gasteiger partial charge in [-0.15, -0.1) is 0 Å². The van der Waals surface area contributed by atoms with E-state index in [0.29, 0.717) is 23.4 Å². The van der Waals surface area contributed by atoms with Gasteiger partial charge in [-0.25, -0.2) is 4.39 Å². The van der Waals surface area contributed by atoms with Gasteiger partial charge in [-0.05, 0) is 55.0 Å². The number of anilines is 1. The lowest BCUT2D eigenvalue weighted by Gasteiger charge is -2.08. The summed E-state index contributed by atoms with van der Waals surface area (Å²) in [6, 6.07) is 11.2. The van der Waals surface area contributed by atoms with Crippen molar-refractivity contribution in [3.8, 4) is 11.8 Å². The monoisotopic (exact) mass is 282 g/mol. The van der Waals surface area contributed by atoms with Gasteiger partial charge in [0.15, 0.2) is 0 Å². The molecule has 0 unspecified atom stereocenters. The minimum absolute atomic E-state index is 0.270. The Labute approximate surface area is 123 Å². The van der Waals surface area contributed by atoms with E-state index in [1.54, 1.807) is 31.2 Å². The lowest BCUT2D eigenvalue weighted by Crippen LogP contribution is -2.13. The van der Waals surface area contributed by atoms with Crippen molar-refractivity contribution in [3.63, 3.8) is 0 Å². The Hall–Kier alpha value is -2.64. The first-order chi connectivity index (χ1) is 10.1. The minimum atomic E-state index is -0.355. The Bertz CT molecular complexity index is 712. The summed E-state index contributed by atoms with van der Waals surface area (Å²) in [7, 11) is 0. The summed E-state index contributed by atoms with van der Waals surface area (Å²) >= 11 is 0. The normalized spacial score (nSPS) is 9.67.